The fraction of sp³-hybridized carbons (Fsp3) is 0.192. The van der Waals surface area contributed by atoms with Crippen LogP contribution in [0.3, 0.4) is 0 Å². The number of ketones is 1. The molecular weight excluding hydrogens is 414 g/mol. The van der Waals surface area contributed by atoms with E-state index in [0.717, 1.165) is 28.0 Å². The van der Waals surface area contributed by atoms with Gasteiger partial charge in [0.15, 0.2) is 5.78 Å². The molecule has 0 unspecified atom stereocenters. The summed E-state index contributed by atoms with van der Waals surface area (Å²) in [6, 6.07) is 17.1. The number of ether oxygens (including phenoxy) is 3. The van der Waals surface area contributed by atoms with Crippen molar-refractivity contribution >= 4 is 11.9 Å². The average molecular weight is 438 g/mol. The minimum atomic E-state index is -2.90. The number of benzene rings is 3. The van der Waals surface area contributed by atoms with Crippen LogP contribution in [-0.4, -0.2) is 19.5 Å². The third-order valence-corrected chi connectivity index (χ3v) is 4.88. The molecule has 0 heterocycles. The van der Waals surface area contributed by atoms with Gasteiger partial charge < -0.3 is 14.2 Å². The number of hydrogen-bond donors (Lipinski definition) is 0. The Balaban J connectivity index is 1.73. The zero-order chi connectivity index (χ0) is 23.1. The van der Waals surface area contributed by atoms with Crippen LogP contribution in [0.5, 0.6) is 17.2 Å². The van der Waals surface area contributed by atoms with Crippen LogP contribution in [0.1, 0.15) is 32.6 Å². The van der Waals surface area contributed by atoms with Crippen molar-refractivity contribution in [3.05, 3.63) is 94.6 Å². The molecule has 0 saturated carbocycles. The molecule has 3 aromatic rings. The molecule has 0 N–H and O–H groups in total. The molecule has 166 valence electrons. The molecule has 0 atom stereocenters. The van der Waals surface area contributed by atoms with Crippen LogP contribution in [0.15, 0.2) is 66.7 Å². The molecule has 0 aromatic heterocycles. The molecule has 0 bridgehead atoms. The first-order valence-corrected chi connectivity index (χ1v) is 10.0. The lowest BCUT2D eigenvalue weighted by Gasteiger charge is -2.14. The summed E-state index contributed by atoms with van der Waals surface area (Å²) >= 11 is 0. The molecule has 3 aromatic carbocycles. The highest BCUT2D eigenvalue weighted by Crippen LogP contribution is 2.27. The number of halogens is 2. The fourth-order valence-corrected chi connectivity index (χ4v) is 3.26. The van der Waals surface area contributed by atoms with Gasteiger partial charge in [0.2, 0.25) is 0 Å². The van der Waals surface area contributed by atoms with Crippen molar-refractivity contribution in [1.29, 1.82) is 0 Å². The lowest BCUT2D eigenvalue weighted by molar-refractivity contribution is -0.0498. The summed E-state index contributed by atoms with van der Waals surface area (Å²) in [5.74, 6) is 1.28. The van der Waals surface area contributed by atoms with Gasteiger partial charge in [0, 0.05) is 11.1 Å². The quantitative estimate of drug-likeness (QED) is 0.287. The monoisotopic (exact) mass is 438 g/mol. The number of hydrogen-bond acceptors (Lipinski definition) is 4. The molecular formula is C26H24F2O4. The number of para-hydroxylation sites is 1. The number of aryl methyl sites for hydroxylation is 2. The van der Waals surface area contributed by atoms with Crippen molar-refractivity contribution in [2.45, 2.75) is 27.1 Å². The van der Waals surface area contributed by atoms with Crippen molar-refractivity contribution < 1.29 is 27.8 Å². The molecule has 3 rings (SSSR count). The second-order valence-electron chi connectivity index (χ2n) is 7.18. The van der Waals surface area contributed by atoms with E-state index in [1.165, 1.54) is 30.3 Å². The zero-order valence-corrected chi connectivity index (χ0v) is 18.1. The van der Waals surface area contributed by atoms with Gasteiger partial charge in [0.25, 0.3) is 0 Å². The molecule has 0 spiro atoms. The minimum Gasteiger partial charge on any atom is -0.496 e. The van der Waals surface area contributed by atoms with Gasteiger partial charge in [-0.3, -0.25) is 4.79 Å². The van der Waals surface area contributed by atoms with Crippen LogP contribution >= 0.6 is 0 Å². The van der Waals surface area contributed by atoms with Crippen molar-refractivity contribution in [2.24, 2.45) is 0 Å². The molecule has 0 aliphatic carbocycles. The van der Waals surface area contributed by atoms with Crippen molar-refractivity contribution in [1.82, 2.24) is 0 Å². The van der Waals surface area contributed by atoms with Gasteiger partial charge in [0.05, 0.1) is 7.11 Å². The zero-order valence-electron chi connectivity index (χ0n) is 18.1. The highest BCUT2D eigenvalue weighted by Gasteiger charge is 2.09. The summed E-state index contributed by atoms with van der Waals surface area (Å²) in [4.78, 5) is 12.4. The SMILES string of the molecule is COc1ccc(/C=C/C(=O)c2ccc(OC(F)F)cc2)cc1COc1c(C)cccc1C. The summed E-state index contributed by atoms with van der Waals surface area (Å²) < 4.78 is 40.3. The fourth-order valence-electron chi connectivity index (χ4n) is 3.26. The summed E-state index contributed by atoms with van der Waals surface area (Å²) in [5.41, 5.74) is 4.12. The topological polar surface area (TPSA) is 44.8 Å². The Labute approximate surface area is 186 Å². The lowest BCUT2D eigenvalue weighted by Crippen LogP contribution is -2.02. The van der Waals surface area contributed by atoms with Gasteiger partial charge in [-0.05, 0) is 73.0 Å². The molecule has 32 heavy (non-hydrogen) atoms. The van der Waals surface area contributed by atoms with Crippen LogP contribution < -0.4 is 14.2 Å². The Morgan fingerprint density at radius 1 is 1.00 bits per heavy atom. The van der Waals surface area contributed by atoms with Crippen molar-refractivity contribution in [2.75, 3.05) is 7.11 Å². The number of carbonyl (C=O) groups excluding carboxylic acids is 1. The summed E-state index contributed by atoms with van der Waals surface area (Å²) in [6.45, 7) is 1.41. The summed E-state index contributed by atoms with van der Waals surface area (Å²) in [5, 5.41) is 0. The predicted octanol–water partition coefficient (Wildman–Crippen LogP) is 6.39. The van der Waals surface area contributed by atoms with E-state index < -0.39 is 6.61 Å². The first-order chi connectivity index (χ1) is 15.4. The highest BCUT2D eigenvalue weighted by atomic mass is 19.3. The first kappa shape index (κ1) is 23.0. The second kappa shape index (κ2) is 10.6. The Bertz CT molecular complexity index is 1090. The van der Waals surface area contributed by atoms with Crippen LogP contribution in [-0.2, 0) is 6.61 Å². The Morgan fingerprint density at radius 2 is 1.69 bits per heavy atom. The van der Waals surface area contributed by atoms with E-state index in [1.807, 2.05) is 50.2 Å². The van der Waals surface area contributed by atoms with Crippen LogP contribution in [0.2, 0.25) is 0 Å². The van der Waals surface area contributed by atoms with E-state index in [9.17, 15) is 13.6 Å². The van der Waals surface area contributed by atoms with Crippen LogP contribution in [0, 0.1) is 13.8 Å². The number of rotatable bonds is 9. The smallest absolute Gasteiger partial charge is 0.387 e. The van der Waals surface area contributed by atoms with Crippen LogP contribution in [0.4, 0.5) is 8.78 Å². The van der Waals surface area contributed by atoms with Crippen LogP contribution in [0.25, 0.3) is 6.08 Å². The maximum absolute atomic E-state index is 12.4. The van der Waals surface area contributed by atoms with Crippen molar-refractivity contribution in [3.63, 3.8) is 0 Å². The number of carbonyl (C=O) groups is 1. The molecule has 0 radical (unpaired) electrons. The standard InChI is InChI=1S/C26H24F2O4/c1-17-5-4-6-18(2)25(17)31-16-21-15-19(8-14-24(21)30-3)7-13-23(29)20-9-11-22(12-10-20)32-26(27)28/h4-15,26H,16H2,1-3H3/b13-7+. The maximum Gasteiger partial charge on any atom is 0.387 e. The molecule has 4 nitrogen and oxygen atoms in total. The van der Waals surface area contributed by atoms with E-state index in [0.29, 0.717) is 17.9 Å². The van der Waals surface area contributed by atoms with E-state index in [4.69, 9.17) is 9.47 Å². The third kappa shape index (κ3) is 5.94. The minimum absolute atomic E-state index is 0.00390. The molecule has 0 aliphatic rings. The molecule has 6 heteroatoms. The van der Waals surface area contributed by atoms with E-state index in [2.05, 4.69) is 4.74 Å². The molecule has 0 amide bonds. The Morgan fingerprint density at radius 3 is 2.31 bits per heavy atom. The largest absolute Gasteiger partial charge is 0.496 e. The molecule has 0 aliphatic heterocycles. The van der Waals surface area contributed by atoms with Gasteiger partial charge >= 0.3 is 6.61 Å². The van der Waals surface area contributed by atoms with Gasteiger partial charge in [-0.25, -0.2) is 0 Å². The maximum atomic E-state index is 12.4. The Kier molecular flexibility index (Phi) is 7.60. The number of alkyl halides is 2. The summed E-state index contributed by atoms with van der Waals surface area (Å²) in [7, 11) is 1.60. The Hall–Kier alpha value is -3.67. The second-order valence-corrected chi connectivity index (χ2v) is 7.18. The molecule has 0 fully saturated rings. The highest BCUT2D eigenvalue weighted by molar-refractivity contribution is 6.06. The van der Waals surface area contributed by atoms with E-state index in [1.54, 1.807) is 13.2 Å². The third-order valence-electron chi connectivity index (χ3n) is 4.88. The normalized spacial score (nSPS) is 11.1. The number of methoxy groups -OCH3 is 1. The van der Waals surface area contributed by atoms with Gasteiger partial charge in [-0.1, -0.05) is 30.3 Å². The van der Waals surface area contributed by atoms with Gasteiger partial charge in [-0.2, -0.15) is 8.78 Å². The van der Waals surface area contributed by atoms with E-state index >= 15 is 0 Å². The first-order valence-electron chi connectivity index (χ1n) is 10.0. The average Bonchev–Trinajstić information content (AvgIpc) is 2.77. The van der Waals surface area contributed by atoms with E-state index in [-0.39, 0.29) is 11.5 Å². The van der Waals surface area contributed by atoms with Crippen molar-refractivity contribution in [3.8, 4) is 17.2 Å². The lowest BCUT2D eigenvalue weighted by atomic mass is 10.1. The van der Waals surface area contributed by atoms with Gasteiger partial charge in [-0.15, -0.1) is 0 Å². The summed E-state index contributed by atoms with van der Waals surface area (Å²) in [6.07, 6.45) is 3.12. The predicted molar refractivity (Wildman–Crippen MR) is 120 cm³/mol. The number of allylic oxidation sites excluding steroid dienone is 1. The molecule has 0 saturated heterocycles. The van der Waals surface area contributed by atoms with Gasteiger partial charge in [0.1, 0.15) is 23.9 Å².